The number of phosphoric acid groups is 1. The molecule has 0 aliphatic carbocycles. The zero-order valence-corrected chi connectivity index (χ0v) is 35.1. The van der Waals surface area contributed by atoms with Crippen molar-refractivity contribution in [3.05, 3.63) is 59.3 Å². The number of aliphatic hydroxyl groups is 1. The van der Waals surface area contributed by atoms with Gasteiger partial charge in [-0.25, -0.2) is 18.5 Å². The number of phosphoric ester groups is 1. The highest BCUT2D eigenvalue weighted by atomic mass is 31.2. The Hall–Kier alpha value is -2.95. The zero-order valence-electron chi connectivity index (χ0n) is 34.2. The first-order valence-electron chi connectivity index (χ1n) is 21.0. The van der Waals surface area contributed by atoms with Crippen LogP contribution in [0.5, 0.6) is 0 Å². The molecule has 12 nitrogen and oxygen atoms in total. The number of aliphatic hydroxyl groups excluding tert-OH is 1. The van der Waals surface area contributed by atoms with Gasteiger partial charge in [0.25, 0.3) is 0 Å². The molecule has 4 N–H and O–H groups in total. The van der Waals surface area contributed by atoms with E-state index in [1.807, 2.05) is 26.0 Å². The van der Waals surface area contributed by atoms with Crippen LogP contribution < -0.4 is 5.73 Å². The van der Waals surface area contributed by atoms with Crippen molar-refractivity contribution in [3.63, 3.8) is 0 Å². The number of aromatic nitrogens is 3. The van der Waals surface area contributed by atoms with Gasteiger partial charge in [-0.1, -0.05) is 117 Å². The van der Waals surface area contributed by atoms with Crippen molar-refractivity contribution in [1.29, 1.82) is 5.26 Å². The van der Waals surface area contributed by atoms with Crippen molar-refractivity contribution >= 4 is 19.2 Å². The van der Waals surface area contributed by atoms with Gasteiger partial charge in [0.1, 0.15) is 23.8 Å². The summed E-state index contributed by atoms with van der Waals surface area (Å²) in [5, 5.41) is 21.2. The topological polar surface area (TPSA) is 174 Å². The number of halogens is 1. The molecule has 14 heteroatoms. The van der Waals surface area contributed by atoms with E-state index in [4.69, 9.17) is 34.6 Å². The van der Waals surface area contributed by atoms with Crippen molar-refractivity contribution in [2.75, 3.05) is 32.2 Å². The minimum absolute atomic E-state index is 0.0134. The lowest BCUT2D eigenvalue weighted by atomic mass is 10.0. The molecule has 1 aromatic carbocycles. The molecule has 3 aromatic rings. The molecule has 3 atom stereocenters. The second kappa shape index (κ2) is 30.2. The second-order valence-electron chi connectivity index (χ2n) is 14.0. The van der Waals surface area contributed by atoms with Crippen LogP contribution in [0.4, 0.5) is 10.2 Å². The van der Waals surface area contributed by atoms with Gasteiger partial charge in [-0.15, -0.1) is 0 Å². The van der Waals surface area contributed by atoms with Crippen LogP contribution >= 0.6 is 7.82 Å². The van der Waals surface area contributed by atoms with Gasteiger partial charge in [0.2, 0.25) is 0 Å². The SMILES string of the molecule is CC.CCCCCCCCCCCCCCCCCCOCCCOP(=O)(O)OCC1CCC(c2ccc3c(N)ncnn23)O1.N#Cc1cc(F)cc(CO)c1. The third kappa shape index (κ3) is 20.5. The summed E-state index contributed by atoms with van der Waals surface area (Å²) >= 11 is 0. The van der Waals surface area contributed by atoms with E-state index >= 15 is 0 Å². The number of unbranched alkanes of at least 4 members (excludes halogenated alkanes) is 15. The number of ether oxygens (including phenoxy) is 2. The van der Waals surface area contributed by atoms with E-state index in [0.29, 0.717) is 30.8 Å². The van der Waals surface area contributed by atoms with E-state index in [0.717, 1.165) is 36.7 Å². The highest BCUT2D eigenvalue weighted by molar-refractivity contribution is 7.47. The predicted molar refractivity (Wildman–Crippen MR) is 219 cm³/mol. The van der Waals surface area contributed by atoms with Gasteiger partial charge in [-0.3, -0.25) is 9.05 Å². The van der Waals surface area contributed by atoms with Crippen LogP contribution in [0.15, 0.2) is 36.7 Å². The van der Waals surface area contributed by atoms with Crippen LogP contribution in [0.1, 0.15) is 166 Å². The summed E-state index contributed by atoms with van der Waals surface area (Å²) in [6.45, 7) is 7.36. The lowest BCUT2D eigenvalue weighted by Gasteiger charge is -2.16. The molecular weight excluding hydrogens is 736 g/mol. The van der Waals surface area contributed by atoms with Crippen LogP contribution in [-0.2, 0) is 29.7 Å². The molecule has 1 saturated heterocycles. The number of nitrogens with two attached hydrogens (primary N) is 1. The second-order valence-corrected chi connectivity index (χ2v) is 15.5. The predicted octanol–water partition coefficient (Wildman–Crippen LogP) is 10.5. The Kier molecular flexibility index (Phi) is 26.5. The normalized spacial score (nSPS) is 16.1. The lowest BCUT2D eigenvalue weighted by molar-refractivity contribution is 0.00431. The van der Waals surface area contributed by atoms with Gasteiger partial charge in [-0.2, -0.15) is 10.4 Å². The molecule has 1 fully saturated rings. The van der Waals surface area contributed by atoms with Gasteiger partial charge in [0, 0.05) is 13.2 Å². The molecule has 56 heavy (non-hydrogen) atoms. The van der Waals surface area contributed by atoms with E-state index in [-0.39, 0.29) is 37.6 Å². The van der Waals surface area contributed by atoms with Crippen LogP contribution in [-0.4, -0.2) is 57.1 Å². The Bertz CT molecular complexity index is 1560. The number of hydrogen-bond acceptors (Lipinski definition) is 10. The maximum Gasteiger partial charge on any atom is 0.472 e. The Morgan fingerprint density at radius 2 is 1.50 bits per heavy atom. The molecule has 0 saturated carbocycles. The Labute approximate surface area is 334 Å². The number of anilines is 1. The smallest absolute Gasteiger partial charge is 0.392 e. The summed E-state index contributed by atoms with van der Waals surface area (Å²) in [4.78, 5) is 14.0. The number of nitrogen functional groups attached to an aromatic ring is 1. The maximum atomic E-state index is 12.5. The third-order valence-corrected chi connectivity index (χ3v) is 10.5. The molecule has 3 heterocycles. The molecular formula is C42H69FN5O7P. The van der Waals surface area contributed by atoms with Crippen molar-refractivity contribution in [1.82, 2.24) is 14.6 Å². The van der Waals surface area contributed by atoms with Gasteiger partial charge in [0.15, 0.2) is 5.82 Å². The first kappa shape index (κ1) is 49.2. The highest BCUT2D eigenvalue weighted by Crippen LogP contribution is 2.44. The third-order valence-electron chi connectivity index (χ3n) is 9.47. The Morgan fingerprint density at radius 3 is 2.11 bits per heavy atom. The number of nitrogens with zero attached hydrogens (tertiary/aromatic N) is 4. The van der Waals surface area contributed by atoms with Crippen LogP contribution in [0.25, 0.3) is 5.52 Å². The van der Waals surface area contributed by atoms with E-state index in [1.54, 1.807) is 10.6 Å². The number of rotatable bonds is 27. The molecule has 4 rings (SSSR count). The monoisotopic (exact) mass is 805 g/mol. The maximum absolute atomic E-state index is 12.5. The average Bonchev–Trinajstić information content (AvgIpc) is 3.87. The van der Waals surface area contributed by atoms with E-state index in [2.05, 4.69) is 17.0 Å². The summed E-state index contributed by atoms with van der Waals surface area (Å²) in [5.41, 5.74) is 8.15. The van der Waals surface area contributed by atoms with Gasteiger partial charge >= 0.3 is 7.82 Å². The van der Waals surface area contributed by atoms with Gasteiger partial charge < -0.3 is 25.2 Å². The van der Waals surface area contributed by atoms with E-state index < -0.39 is 13.6 Å². The minimum atomic E-state index is -4.14. The molecule has 0 radical (unpaired) electrons. The number of nitriles is 1. The van der Waals surface area contributed by atoms with Crippen LogP contribution in [0.3, 0.4) is 0 Å². The van der Waals surface area contributed by atoms with Crippen LogP contribution in [0, 0.1) is 17.1 Å². The average molecular weight is 806 g/mol. The Balaban J connectivity index is 0.000000708. The summed E-state index contributed by atoms with van der Waals surface area (Å²) in [6, 6.07) is 9.33. The van der Waals surface area contributed by atoms with Gasteiger partial charge in [-0.05, 0) is 61.6 Å². The number of hydrogen-bond donors (Lipinski definition) is 3. The summed E-state index contributed by atoms with van der Waals surface area (Å²) in [5.74, 6) is -0.0868. The van der Waals surface area contributed by atoms with Crippen molar-refractivity contribution < 1.29 is 37.5 Å². The molecule has 2 aromatic heterocycles. The fourth-order valence-electron chi connectivity index (χ4n) is 6.48. The Morgan fingerprint density at radius 1 is 0.893 bits per heavy atom. The first-order valence-corrected chi connectivity index (χ1v) is 22.5. The van der Waals surface area contributed by atoms with Crippen molar-refractivity contribution in [2.24, 2.45) is 0 Å². The molecule has 1 aliphatic rings. The molecule has 0 bridgehead atoms. The minimum Gasteiger partial charge on any atom is -0.392 e. The number of fused-ring (bicyclic) bond motifs is 1. The standard InChI is InChI=1S/C32H57N4O6P.C8H6FNO.C2H6/c1-2-3-4-5-6-7-8-9-10-11-12-13-14-15-16-17-23-39-24-18-25-40-43(37,38)41-26-28-19-22-31(42-28)29-20-21-30-32(33)34-27-35-36(29)30;9-8-2-6(4-10)1-7(3-8)5-11;1-2/h20-21,27-28,31H,2-19,22-26H2,1H3,(H,37,38)(H2,33,34,35);1-3,11H,5H2;1-2H3. The van der Waals surface area contributed by atoms with Crippen LogP contribution in [0.2, 0.25) is 0 Å². The van der Waals surface area contributed by atoms with Crippen molar-refractivity contribution in [3.8, 4) is 6.07 Å². The lowest BCUT2D eigenvalue weighted by Crippen LogP contribution is -2.15. The summed E-state index contributed by atoms with van der Waals surface area (Å²) in [6.07, 6.45) is 24.5. The molecule has 0 spiro atoms. The molecule has 316 valence electrons. The zero-order chi connectivity index (χ0) is 40.9. The largest absolute Gasteiger partial charge is 0.472 e. The molecule has 0 amide bonds. The van der Waals surface area contributed by atoms with E-state index in [9.17, 15) is 13.8 Å². The summed E-state index contributed by atoms with van der Waals surface area (Å²) < 4.78 is 48.6. The summed E-state index contributed by atoms with van der Waals surface area (Å²) in [7, 11) is -4.14. The van der Waals surface area contributed by atoms with E-state index in [1.165, 1.54) is 115 Å². The quantitative estimate of drug-likeness (QED) is 0.0494. The highest BCUT2D eigenvalue weighted by Gasteiger charge is 2.32. The van der Waals surface area contributed by atoms with Gasteiger partial charge in [0.05, 0.1) is 43.3 Å². The molecule has 1 aliphatic heterocycles. The van der Waals surface area contributed by atoms with Crippen molar-refractivity contribution in [2.45, 2.75) is 162 Å². The fourth-order valence-corrected chi connectivity index (χ4v) is 7.27. The fraction of sp³-hybridized carbons (Fsp3) is 0.690. The first-order chi connectivity index (χ1) is 27.3. The number of benzene rings is 1. The molecule has 3 unspecified atom stereocenters.